The summed E-state index contributed by atoms with van der Waals surface area (Å²) < 4.78 is 10.3. The number of benzene rings is 1. The van der Waals surface area contributed by atoms with Crippen LogP contribution in [-0.2, 0) is 30.3 Å². The molecule has 0 aliphatic heterocycles. The highest BCUT2D eigenvalue weighted by atomic mass is 16.5. The SMILES string of the molecule is CCOC(=O)[C@@H]1C(=O)C[C@@](C)(O)[C@H](C(=O)OCC)[C@@H]1c1ccc(CC)cc1. The summed E-state index contributed by atoms with van der Waals surface area (Å²) in [5, 5.41) is 10.9. The molecule has 2 rings (SSSR count). The summed E-state index contributed by atoms with van der Waals surface area (Å²) in [5.74, 6) is -4.75. The van der Waals surface area contributed by atoms with Crippen LogP contribution in [0.3, 0.4) is 0 Å². The van der Waals surface area contributed by atoms with Crippen molar-refractivity contribution in [2.45, 2.75) is 52.1 Å². The third-order valence-electron chi connectivity index (χ3n) is 5.12. The first kappa shape index (κ1) is 21.1. The van der Waals surface area contributed by atoms with Crippen LogP contribution in [-0.4, -0.2) is 41.6 Å². The van der Waals surface area contributed by atoms with Crippen LogP contribution in [0.15, 0.2) is 24.3 Å². The smallest absolute Gasteiger partial charge is 0.317 e. The molecule has 6 nitrogen and oxygen atoms in total. The molecule has 0 saturated heterocycles. The van der Waals surface area contributed by atoms with Gasteiger partial charge in [-0.15, -0.1) is 0 Å². The summed E-state index contributed by atoms with van der Waals surface area (Å²) in [7, 11) is 0. The maximum Gasteiger partial charge on any atom is 0.317 e. The Balaban J connectivity index is 2.59. The Kier molecular flexibility index (Phi) is 6.76. The number of ketones is 1. The van der Waals surface area contributed by atoms with E-state index in [-0.39, 0.29) is 19.6 Å². The molecule has 4 atom stereocenters. The number of ether oxygens (including phenoxy) is 2. The topological polar surface area (TPSA) is 89.9 Å². The molecule has 148 valence electrons. The highest BCUT2D eigenvalue weighted by molar-refractivity contribution is 6.02. The van der Waals surface area contributed by atoms with Gasteiger partial charge in [0.1, 0.15) is 5.92 Å². The van der Waals surface area contributed by atoms with Crippen molar-refractivity contribution in [3.8, 4) is 0 Å². The second-order valence-corrected chi connectivity index (χ2v) is 7.08. The van der Waals surface area contributed by atoms with Crippen molar-refractivity contribution in [3.05, 3.63) is 35.4 Å². The van der Waals surface area contributed by atoms with Crippen LogP contribution in [0.2, 0.25) is 0 Å². The Morgan fingerprint density at radius 1 is 1.07 bits per heavy atom. The molecule has 1 saturated carbocycles. The van der Waals surface area contributed by atoms with E-state index in [0.717, 1.165) is 12.0 Å². The van der Waals surface area contributed by atoms with Gasteiger partial charge in [0.25, 0.3) is 0 Å². The van der Waals surface area contributed by atoms with Crippen LogP contribution >= 0.6 is 0 Å². The predicted molar refractivity (Wildman–Crippen MR) is 99.1 cm³/mol. The molecule has 27 heavy (non-hydrogen) atoms. The van der Waals surface area contributed by atoms with E-state index >= 15 is 0 Å². The van der Waals surface area contributed by atoms with E-state index < -0.39 is 41.1 Å². The quantitative estimate of drug-likeness (QED) is 0.606. The minimum atomic E-state index is -1.61. The number of rotatable bonds is 6. The van der Waals surface area contributed by atoms with Gasteiger partial charge in [-0.1, -0.05) is 31.2 Å². The maximum absolute atomic E-state index is 12.7. The summed E-state index contributed by atoms with van der Waals surface area (Å²) in [6.07, 6.45) is 0.535. The third-order valence-corrected chi connectivity index (χ3v) is 5.12. The number of hydrogen-bond acceptors (Lipinski definition) is 6. The zero-order chi connectivity index (χ0) is 20.2. The van der Waals surface area contributed by atoms with Gasteiger partial charge in [-0.3, -0.25) is 14.4 Å². The first-order valence-electron chi connectivity index (χ1n) is 9.43. The number of aliphatic hydroxyl groups is 1. The van der Waals surface area contributed by atoms with Gasteiger partial charge < -0.3 is 14.6 Å². The van der Waals surface area contributed by atoms with E-state index in [2.05, 4.69) is 0 Å². The van der Waals surface area contributed by atoms with Gasteiger partial charge in [0.05, 0.1) is 24.7 Å². The fraction of sp³-hybridized carbons (Fsp3) is 0.571. The Morgan fingerprint density at radius 2 is 1.63 bits per heavy atom. The highest BCUT2D eigenvalue weighted by Crippen LogP contribution is 2.46. The highest BCUT2D eigenvalue weighted by Gasteiger charge is 2.57. The van der Waals surface area contributed by atoms with E-state index in [1.807, 2.05) is 19.1 Å². The molecule has 1 aromatic rings. The molecular weight excluding hydrogens is 348 g/mol. The van der Waals surface area contributed by atoms with Crippen molar-refractivity contribution < 1.29 is 29.0 Å². The second kappa shape index (κ2) is 8.65. The lowest BCUT2D eigenvalue weighted by Gasteiger charge is -2.43. The fourth-order valence-corrected chi connectivity index (χ4v) is 3.86. The van der Waals surface area contributed by atoms with E-state index in [1.165, 1.54) is 6.92 Å². The first-order valence-corrected chi connectivity index (χ1v) is 9.43. The van der Waals surface area contributed by atoms with E-state index in [1.54, 1.807) is 26.0 Å². The van der Waals surface area contributed by atoms with Crippen LogP contribution in [0.4, 0.5) is 0 Å². The van der Waals surface area contributed by atoms with Gasteiger partial charge in [0, 0.05) is 12.3 Å². The summed E-state index contributed by atoms with van der Waals surface area (Å²) in [6.45, 7) is 7.08. The normalized spacial score (nSPS) is 27.9. The van der Waals surface area contributed by atoms with Gasteiger partial charge in [0.15, 0.2) is 5.78 Å². The molecule has 0 bridgehead atoms. The molecule has 0 radical (unpaired) electrons. The largest absolute Gasteiger partial charge is 0.466 e. The standard InChI is InChI=1S/C21H28O6/c1-5-13-8-10-14(11-9-13)16-17(19(23)26-6-2)15(22)12-21(4,25)18(16)20(24)27-7-3/h8-11,16-18,25H,5-7,12H2,1-4H3/t16-,17-,18+,21-/m1/s1. The van der Waals surface area contributed by atoms with Crippen LogP contribution in [0.25, 0.3) is 0 Å². The minimum absolute atomic E-state index is 0.130. The number of Topliss-reactive ketones (excluding diaryl/α,β-unsaturated/α-hetero) is 1. The maximum atomic E-state index is 12.7. The number of carbonyl (C=O) groups excluding carboxylic acids is 3. The zero-order valence-electron chi connectivity index (χ0n) is 16.4. The predicted octanol–water partition coefficient (Wildman–Crippen LogP) is 2.42. The summed E-state index contributed by atoms with van der Waals surface area (Å²) in [5.41, 5.74) is 0.116. The van der Waals surface area contributed by atoms with Gasteiger partial charge in [-0.25, -0.2) is 0 Å². The van der Waals surface area contributed by atoms with Crippen molar-refractivity contribution in [2.24, 2.45) is 11.8 Å². The Hall–Kier alpha value is -2.21. The number of esters is 2. The summed E-state index contributed by atoms with van der Waals surface area (Å²) >= 11 is 0. The van der Waals surface area contributed by atoms with Gasteiger partial charge >= 0.3 is 11.9 Å². The molecule has 0 spiro atoms. The molecule has 1 aromatic carbocycles. The molecule has 0 aromatic heterocycles. The zero-order valence-corrected chi connectivity index (χ0v) is 16.4. The monoisotopic (exact) mass is 376 g/mol. The second-order valence-electron chi connectivity index (χ2n) is 7.08. The molecule has 0 heterocycles. The van der Waals surface area contributed by atoms with Gasteiger partial charge in [-0.2, -0.15) is 0 Å². The molecule has 0 unspecified atom stereocenters. The third kappa shape index (κ3) is 4.38. The first-order chi connectivity index (χ1) is 12.8. The van der Waals surface area contributed by atoms with Crippen LogP contribution < -0.4 is 0 Å². The van der Waals surface area contributed by atoms with Crippen molar-refractivity contribution in [1.29, 1.82) is 0 Å². The van der Waals surface area contributed by atoms with E-state index in [9.17, 15) is 19.5 Å². The summed E-state index contributed by atoms with van der Waals surface area (Å²) in [6, 6.07) is 7.40. The molecule has 1 fully saturated rings. The Bertz CT molecular complexity index is 691. The number of hydrogen-bond donors (Lipinski definition) is 1. The summed E-state index contributed by atoms with van der Waals surface area (Å²) in [4.78, 5) is 38.0. The Morgan fingerprint density at radius 3 is 2.15 bits per heavy atom. The lowest BCUT2D eigenvalue weighted by Crippen LogP contribution is -2.55. The van der Waals surface area contributed by atoms with Crippen LogP contribution in [0.5, 0.6) is 0 Å². The number of aryl methyl sites for hydroxylation is 1. The molecule has 1 aliphatic carbocycles. The average molecular weight is 376 g/mol. The lowest BCUT2D eigenvalue weighted by atomic mass is 9.61. The van der Waals surface area contributed by atoms with E-state index in [4.69, 9.17) is 9.47 Å². The van der Waals surface area contributed by atoms with Crippen molar-refractivity contribution >= 4 is 17.7 Å². The van der Waals surface area contributed by atoms with E-state index in [0.29, 0.717) is 5.56 Å². The number of carbonyl (C=O) groups is 3. The van der Waals surface area contributed by atoms with Crippen LogP contribution in [0.1, 0.15) is 51.2 Å². The van der Waals surface area contributed by atoms with Gasteiger partial charge in [-0.05, 0) is 38.3 Å². The van der Waals surface area contributed by atoms with Crippen molar-refractivity contribution in [3.63, 3.8) is 0 Å². The van der Waals surface area contributed by atoms with Crippen LogP contribution in [0, 0.1) is 11.8 Å². The fourth-order valence-electron chi connectivity index (χ4n) is 3.86. The molecule has 0 amide bonds. The average Bonchev–Trinajstić information content (AvgIpc) is 2.60. The molecule has 1 N–H and O–H groups in total. The minimum Gasteiger partial charge on any atom is -0.466 e. The Labute approximate surface area is 159 Å². The lowest BCUT2D eigenvalue weighted by molar-refractivity contribution is -0.172. The molecule has 1 aliphatic rings. The van der Waals surface area contributed by atoms with Crippen molar-refractivity contribution in [1.82, 2.24) is 0 Å². The molecule has 6 heteroatoms. The molecular formula is C21H28O6. The van der Waals surface area contributed by atoms with Gasteiger partial charge in [0.2, 0.25) is 0 Å². The van der Waals surface area contributed by atoms with Crippen molar-refractivity contribution in [2.75, 3.05) is 13.2 Å².